The summed E-state index contributed by atoms with van der Waals surface area (Å²) in [7, 11) is 1.64. The third-order valence-electron chi connectivity index (χ3n) is 3.62. The number of aryl methyl sites for hydroxylation is 1. The standard InChI is InChI=1S/C15H22F3N5.HI/c1-11-4-3-5-12(21-11)8-20-14(19-2)22-13-6-7-23(9-13)10-15(16,17)18;/h3-5,13H,6-10H2,1-2H3,(H2,19,20,22);1H. The molecular weight excluding hydrogens is 434 g/mol. The van der Waals surface area contributed by atoms with Crippen molar-refractivity contribution in [2.75, 3.05) is 26.7 Å². The van der Waals surface area contributed by atoms with Crippen molar-refractivity contribution in [3.05, 3.63) is 29.6 Å². The third-order valence-corrected chi connectivity index (χ3v) is 3.62. The van der Waals surface area contributed by atoms with Gasteiger partial charge in [-0.15, -0.1) is 24.0 Å². The summed E-state index contributed by atoms with van der Waals surface area (Å²) >= 11 is 0. The molecule has 1 aromatic rings. The SMILES string of the molecule is CN=C(NCc1cccc(C)n1)NC1CCN(CC(F)(F)F)C1.I. The zero-order valence-corrected chi connectivity index (χ0v) is 16.1. The number of aromatic nitrogens is 1. The zero-order valence-electron chi connectivity index (χ0n) is 13.7. The van der Waals surface area contributed by atoms with E-state index < -0.39 is 12.7 Å². The molecule has 0 aromatic carbocycles. The second-order valence-electron chi connectivity index (χ2n) is 5.68. The Balaban J connectivity index is 0.00000288. The predicted octanol–water partition coefficient (Wildman–Crippen LogP) is 2.31. The summed E-state index contributed by atoms with van der Waals surface area (Å²) in [5, 5.41) is 6.31. The van der Waals surface area contributed by atoms with E-state index in [1.54, 1.807) is 7.05 Å². The first-order valence-corrected chi connectivity index (χ1v) is 7.54. The quantitative estimate of drug-likeness (QED) is 0.414. The molecule has 0 spiro atoms. The maximum atomic E-state index is 12.4. The Morgan fingerprint density at radius 2 is 2.17 bits per heavy atom. The fraction of sp³-hybridized carbons (Fsp3) is 0.600. The molecule has 136 valence electrons. The van der Waals surface area contributed by atoms with Crippen molar-refractivity contribution in [3.63, 3.8) is 0 Å². The van der Waals surface area contributed by atoms with Crippen molar-refractivity contribution in [3.8, 4) is 0 Å². The van der Waals surface area contributed by atoms with Crippen LogP contribution >= 0.6 is 24.0 Å². The molecule has 0 bridgehead atoms. The van der Waals surface area contributed by atoms with Gasteiger partial charge in [0.25, 0.3) is 0 Å². The molecular formula is C15H23F3IN5. The van der Waals surface area contributed by atoms with E-state index >= 15 is 0 Å². The number of rotatable bonds is 4. The largest absolute Gasteiger partial charge is 0.401 e. The van der Waals surface area contributed by atoms with E-state index in [0.29, 0.717) is 32.0 Å². The average Bonchev–Trinajstić information content (AvgIpc) is 2.88. The predicted molar refractivity (Wildman–Crippen MR) is 98.6 cm³/mol. The first kappa shape index (κ1) is 20.9. The Kier molecular flexibility index (Phi) is 8.20. The topological polar surface area (TPSA) is 52.6 Å². The van der Waals surface area contributed by atoms with Gasteiger partial charge >= 0.3 is 6.18 Å². The molecule has 0 saturated carbocycles. The number of pyridine rings is 1. The highest BCUT2D eigenvalue weighted by atomic mass is 127. The lowest BCUT2D eigenvalue weighted by atomic mass is 10.3. The van der Waals surface area contributed by atoms with Gasteiger partial charge in [0.05, 0.1) is 18.8 Å². The smallest absolute Gasteiger partial charge is 0.352 e. The first-order chi connectivity index (χ1) is 10.9. The van der Waals surface area contributed by atoms with E-state index in [0.717, 1.165) is 11.4 Å². The third kappa shape index (κ3) is 7.20. The van der Waals surface area contributed by atoms with E-state index in [4.69, 9.17) is 0 Å². The van der Waals surface area contributed by atoms with Crippen molar-refractivity contribution in [1.82, 2.24) is 20.5 Å². The normalized spacial score (nSPS) is 19.0. The summed E-state index contributed by atoms with van der Waals surface area (Å²) in [5.74, 6) is 0.576. The second kappa shape index (κ2) is 9.40. The summed E-state index contributed by atoms with van der Waals surface area (Å²) in [5.41, 5.74) is 1.82. The summed E-state index contributed by atoms with van der Waals surface area (Å²) in [6.45, 7) is 2.38. The second-order valence-corrected chi connectivity index (χ2v) is 5.68. The molecule has 0 amide bonds. The van der Waals surface area contributed by atoms with Crippen LogP contribution in [0.4, 0.5) is 13.2 Å². The van der Waals surface area contributed by atoms with E-state index in [1.165, 1.54) is 4.90 Å². The maximum Gasteiger partial charge on any atom is 0.401 e. The van der Waals surface area contributed by atoms with Gasteiger partial charge in [-0.3, -0.25) is 14.9 Å². The summed E-state index contributed by atoms with van der Waals surface area (Å²) in [4.78, 5) is 9.91. The van der Waals surface area contributed by atoms with E-state index in [2.05, 4.69) is 20.6 Å². The molecule has 0 radical (unpaired) electrons. The lowest BCUT2D eigenvalue weighted by Crippen LogP contribution is -2.45. The highest BCUT2D eigenvalue weighted by Crippen LogP contribution is 2.19. The van der Waals surface area contributed by atoms with Gasteiger partial charge in [0.2, 0.25) is 0 Å². The highest BCUT2D eigenvalue weighted by Gasteiger charge is 2.34. The minimum absolute atomic E-state index is 0. The van der Waals surface area contributed by atoms with Crippen molar-refractivity contribution < 1.29 is 13.2 Å². The average molecular weight is 457 g/mol. The van der Waals surface area contributed by atoms with E-state index in [-0.39, 0.29) is 30.0 Å². The van der Waals surface area contributed by atoms with E-state index in [1.807, 2.05) is 25.1 Å². The van der Waals surface area contributed by atoms with Crippen LogP contribution in [0.25, 0.3) is 0 Å². The zero-order chi connectivity index (χ0) is 16.9. The highest BCUT2D eigenvalue weighted by molar-refractivity contribution is 14.0. The van der Waals surface area contributed by atoms with Crippen molar-refractivity contribution in [2.45, 2.75) is 32.1 Å². The molecule has 0 aliphatic carbocycles. The Labute approximate surface area is 157 Å². The number of aliphatic imine (C=N–C) groups is 1. The minimum atomic E-state index is -4.15. The van der Waals surface area contributed by atoms with Gasteiger partial charge in [0, 0.05) is 31.9 Å². The van der Waals surface area contributed by atoms with E-state index in [9.17, 15) is 13.2 Å². The Bertz CT molecular complexity index is 550. The summed E-state index contributed by atoms with van der Waals surface area (Å²) < 4.78 is 37.2. The van der Waals surface area contributed by atoms with Gasteiger partial charge in [-0.1, -0.05) is 6.07 Å². The first-order valence-electron chi connectivity index (χ1n) is 7.54. The monoisotopic (exact) mass is 457 g/mol. The molecule has 1 fully saturated rings. The Hall–Kier alpha value is -1.10. The van der Waals surface area contributed by atoms with Crippen molar-refractivity contribution in [1.29, 1.82) is 0 Å². The maximum absolute atomic E-state index is 12.4. The summed E-state index contributed by atoms with van der Waals surface area (Å²) in [6, 6.07) is 5.73. The van der Waals surface area contributed by atoms with Crippen LogP contribution in [0.5, 0.6) is 0 Å². The molecule has 1 unspecified atom stereocenters. The van der Waals surface area contributed by atoms with Gasteiger partial charge in [-0.2, -0.15) is 13.2 Å². The molecule has 24 heavy (non-hydrogen) atoms. The number of hydrogen-bond donors (Lipinski definition) is 2. The van der Waals surface area contributed by atoms with Crippen LogP contribution < -0.4 is 10.6 Å². The molecule has 1 aliphatic heterocycles. The molecule has 1 aliphatic rings. The number of hydrogen-bond acceptors (Lipinski definition) is 3. The van der Waals surface area contributed by atoms with Crippen LogP contribution in [0.15, 0.2) is 23.2 Å². The van der Waals surface area contributed by atoms with Crippen molar-refractivity contribution in [2.24, 2.45) is 4.99 Å². The number of guanidine groups is 1. The lowest BCUT2D eigenvalue weighted by Gasteiger charge is -2.19. The Morgan fingerprint density at radius 1 is 1.42 bits per heavy atom. The molecule has 5 nitrogen and oxygen atoms in total. The van der Waals surface area contributed by atoms with Crippen LogP contribution in [0.2, 0.25) is 0 Å². The van der Waals surface area contributed by atoms with Gasteiger partial charge in [0.1, 0.15) is 0 Å². The Morgan fingerprint density at radius 3 is 2.79 bits per heavy atom. The van der Waals surface area contributed by atoms with Crippen LogP contribution in [0.1, 0.15) is 17.8 Å². The van der Waals surface area contributed by atoms with Crippen LogP contribution in [-0.2, 0) is 6.54 Å². The number of alkyl halides is 3. The van der Waals surface area contributed by atoms with Crippen molar-refractivity contribution >= 4 is 29.9 Å². The van der Waals surface area contributed by atoms with Gasteiger partial charge in [-0.05, 0) is 25.5 Å². The minimum Gasteiger partial charge on any atom is -0.352 e. The van der Waals surface area contributed by atoms with Crippen LogP contribution in [0, 0.1) is 6.92 Å². The molecule has 1 aromatic heterocycles. The van der Waals surface area contributed by atoms with Gasteiger partial charge in [0.15, 0.2) is 5.96 Å². The van der Waals surface area contributed by atoms with Gasteiger partial charge < -0.3 is 10.6 Å². The fourth-order valence-electron chi connectivity index (χ4n) is 2.61. The molecule has 1 saturated heterocycles. The number of halogens is 4. The molecule has 2 N–H and O–H groups in total. The molecule has 2 rings (SSSR count). The van der Waals surface area contributed by atoms with Crippen LogP contribution in [-0.4, -0.2) is 54.7 Å². The fourth-order valence-corrected chi connectivity index (χ4v) is 2.61. The number of nitrogens with zero attached hydrogens (tertiary/aromatic N) is 3. The number of likely N-dealkylation sites (tertiary alicyclic amines) is 1. The van der Waals surface area contributed by atoms with Crippen LogP contribution in [0.3, 0.4) is 0 Å². The number of nitrogens with one attached hydrogen (secondary N) is 2. The molecule has 2 heterocycles. The molecule has 9 heteroatoms. The summed E-state index contributed by atoms with van der Waals surface area (Å²) in [6.07, 6.45) is -3.48. The van der Waals surface area contributed by atoms with Gasteiger partial charge in [-0.25, -0.2) is 0 Å². The lowest BCUT2D eigenvalue weighted by molar-refractivity contribution is -0.143. The molecule has 1 atom stereocenters.